The summed E-state index contributed by atoms with van der Waals surface area (Å²) in [6.45, 7) is 3.36. The molecule has 1 aliphatic heterocycles. The summed E-state index contributed by atoms with van der Waals surface area (Å²) in [5.74, 6) is -0.213. The number of nitrogens with zero attached hydrogens (tertiary/aromatic N) is 1. The molecule has 1 N–H and O–H groups in total. The predicted octanol–water partition coefficient (Wildman–Crippen LogP) is 1.22. The maximum absolute atomic E-state index is 11.9. The highest BCUT2D eigenvalue weighted by atomic mass is 16.2. The van der Waals surface area contributed by atoms with Gasteiger partial charge in [-0.15, -0.1) is 0 Å². The van der Waals surface area contributed by atoms with Crippen molar-refractivity contribution in [2.75, 3.05) is 19.6 Å². The van der Waals surface area contributed by atoms with Crippen molar-refractivity contribution in [3.8, 4) is 0 Å². The average molecular weight is 258 g/mol. The van der Waals surface area contributed by atoms with Crippen molar-refractivity contribution in [2.24, 2.45) is 0 Å². The standard InChI is InChI=1S/C15H18N2O2/c1-2-12-3-5-13(6-4-12)7-8-15(19)17-10-9-16-14(18)11-17/h3-8H,2,9-11H2,1H3,(H,16,18). The molecule has 0 aliphatic carbocycles. The number of hydrogen-bond acceptors (Lipinski definition) is 2. The highest BCUT2D eigenvalue weighted by Crippen LogP contribution is 2.07. The first-order valence-corrected chi connectivity index (χ1v) is 6.51. The summed E-state index contributed by atoms with van der Waals surface area (Å²) in [6.07, 6.45) is 4.32. The molecule has 4 nitrogen and oxygen atoms in total. The SMILES string of the molecule is CCc1ccc(C=CC(=O)N2CCNC(=O)C2)cc1. The van der Waals surface area contributed by atoms with E-state index in [4.69, 9.17) is 0 Å². The van der Waals surface area contributed by atoms with E-state index in [9.17, 15) is 9.59 Å². The van der Waals surface area contributed by atoms with Crippen molar-refractivity contribution in [1.82, 2.24) is 10.2 Å². The molecule has 0 spiro atoms. The second kappa shape index (κ2) is 6.18. The molecule has 1 aromatic carbocycles. The third-order valence-corrected chi connectivity index (χ3v) is 3.16. The first-order chi connectivity index (χ1) is 9.19. The van der Waals surface area contributed by atoms with E-state index in [0.29, 0.717) is 13.1 Å². The summed E-state index contributed by atoms with van der Waals surface area (Å²) in [5, 5.41) is 2.70. The van der Waals surface area contributed by atoms with Gasteiger partial charge in [0.1, 0.15) is 0 Å². The van der Waals surface area contributed by atoms with E-state index in [2.05, 4.69) is 24.4 Å². The van der Waals surface area contributed by atoms with E-state index in [1.165, 1.54) is 11.6 Å². The van der Waals surface area contributed by atoms with Crippen LogP contribution in [0.25, 0.3) is 6.08 Å². The monoisotopic (exact) mass is 258 g/mol. The normalized spacial score (nSPS) is 15.6. The van der Waals surface area contributed by atoms with Crippen molar-refractivity contribution in [2.45, 2.75) is 13.3 Å². The Labute approximate surface area is 113 Å². The Balaban J connectivity index is 1.96. The zero-order valence-corrected chi connectivity index (χ0v) is 11.1. The quantitative estimate of drug-likeness (QED) is 0.829. The third kappa shape index (κ3) is 3.68. The fourth-order valence-electron chi connectivity index (χ4n) is 1.96. The fraction of sp³-hybridized carbons (Fsp3) is 0.333. The molecule has 1 heterocycles. The average Bonchev–Trinajstić information content (AvgIpc) is 2.45. The molecular weight excluding hydrogens is 240 g/mol. The Morgan fingerprint density at radius 1 is 1.37 bits per heavy atom. The van der Waals surface area contributed by atoms with Gasteiger partial charge in [0, 0.05) is 19.2 Å². The number of carbonyl (C=O) groups is 2. The largest absolute Gasteiger partial charge is 0.353 e. The minimum atomic E-state index is -0.116. The van der Waals surface area contributed by atoms with Gasteiger partial charge < -0.3 is 10.2 Å². The first kappa shape index (κ1) is 13.3. The Morgan fingerprint density at radius 3 is 2.74 bits per heavy atom. The van der Waals surface area contributed by atoms with Gasteiger partial charge in [-0.1, -0.05) is 31.2 Å². The summed E-state index contributed by atoms with van der Waals surface area (Å²) >= 11 is 0. The number of aryl methyl sites for hydroxylation is 1. The molecule has 0 radical (unpaired) electrons. The van der Waals surface area contributed by atoms with Crippen molar-refractivity contribution in [3.63, 3.8) is 0 Å². The van der Waals surface area contributed by atoms with Crippen molar-refractivity contribution >= 4 is 17.9 Å². The first-order valence-electron chi connectivity index (χ1n) is 6.51. The second-order valence-electron chi connectivity index (χ2n) is 4.54. The molecule has 0 aromatic heterocycles. The van der Waals surface area contributed by atoms with Gasteiger partial charge in [0.15, 0.2) is 0 Å². The molecule has 0 bridgehead atoms. The highest BCUT2D eigenvalue weighted by molar-refractivity contribution is 5.94. The number of carbonyl (C=O) groups excluding carboxylic acids is 2. The van der Waals surface area contributed by atoms with Crippen LogP contribution in [0.3, 0.4) is 0 Å². The van der Waals surface area contributed by atoms with Gasteiger partial charge in [-0.3, -0.25) is 9.59 Å². The molecule has 4 heteroatoms. The van der Waals surface area contributed by atoms with Crippen LogP contribution in [-0.2, 0) is 16.0 Å². The molecule has 0 atom stereocenters. The minimum Gasteiger partial charge on any atom is -0.353 e. The summed E-state index contributed by atoms with van der Waals surface area (Å²) in [4.78, 5) is 24.6. The molecule has 2 amide bonds. The van der Waals surface area contributed by atoms with Gasteiger partial charge in [0.25, 0.3) is 0 Å². The van der Waals surface area contributed by atoms with Crippen LogP contribution >= 0.6 is 0 Å². The lowest BCUT2D eigenvalue weighted by Crippen LogP contribution is -2.49. The number of amides is 2. The molecule has 0 saturated carbocycles. The van der Waals surface area contributed by atoms with Crippen LogP contribution in [0.5, 0.6) is 0 Å². The number of hydrogen-bond donors (Lipinski definition) is 1. The lowest BCUT2D eigenvalue weighted by molar-refractivity contribution is -0.134. The zero-order chi connectivity index (χ0) is 13.7. The fourth-order valence-corrected chi connectivity index (χ4v) is 1.96. The van der Waals surface area contributed by atoms with Gasteiger partial charge >= 0.3 is 0 Å². The van der Waals surface area contributed by atoms with E-state index < -0.39 is 0 Å². The van der Waals surface area contributed by atoms with Gasteiger partial charge in [-0.25, -0.2) is 0 Å². The topological polar surface area (TPSA) is 49.4 Å². The molecule has 2 rings (SSSR count). The van der Waals surface area contributed by atoms with Gasteiger partial charge in [-0.05, 0) is 23.6 Å². The van der Waals surface area contributed by atoms with Crippen LogP contribution in [0.1, 0.15) is 18.1 Å². The number of benzene rings is 1. The van der Waals surface area contributed by atoms with E-state index in [1.807, 2.05) is 12.1 Å². The minimum absolute atomic E-state index is 0.0969. The van der Waals surface area contributed by atoms with Gasteiger partial charge in [0.05, 0.1) is 6.54 Å². The maximum Gasteiger partial charge on any atom is 0.247 e. The lowest BCUT2D eigenvalue weighted by atomic mass is 10.1. The lowest BCUT2D eigenvalue weighted by Gasteiger charge is -2.25. The highest BCUT2D eigenvalue weighted by Gasteiger charge is 2.18. The number of piperazine rings is 1. The van der Waals surface area contributed by atoms with E-state index >= 15 is 0 Å². The van der Waals surface area contributed by atoms with Crippen LogP contribution in [-0.4, -0.2) is 36.3 Å². The van der Waals surface area contributed by atoms with Crippen molar-refractivity contribution in [3.05, 3.63) is 41.5 Å². The molecule has 1 saturated heterocycles. The van der Waals surface area contributed by atoms with E-state index in [-0.39, 0.29) is 18.4 Å². The second-order valence-corrected chi connectivity index (χ2v) is 4.54. The van der Waals surface area contributed by atoms with Crippen LogP contribution in [0.2, 0.25) is 0 Å². The third-order valence-electron chi connectivity index (χ3n) is 3.16. The van der Waals surface area contributed by atoms with Crippen molar-refractivity contribution in [1.29, 1.82) is 0 Å². The van der Waals surface area contributed by atoms with Crippen molar-refractivity contribution < 1.29 is 9.59 Å². The summed E-state index contributed by atoms with van der Waals surface area (Å²) < 4.78 is 0. The Kier molecular flexibility index (Phi) is 4.34. The Bertz CT molecular complexity index is 491. The molecule has 1 fully saturated rings. The van der Waals surface area contributed by atoms with Crippen LogP contribution in [0.4, 0.5) is 0 Å². The molecule has 19 heavy (non-hydrogen) atoms. The number of rotatable bonds is 3. The Morgan fingerprint density at radius 2 is 2.11 bits per heavy atom. The van der Waals surface area contributed by atoms with E-state index in [0.717, 1.165) is 12.0 Å². The molecule has 1 aromatic rings. The van der Waals surface area contributed by atoms with Crippen LogP contribution in [0, 0.1) is 0 Å². The Hall–Kier alpha value is -2.10. The zero-order valence-electron chi connectivity index (χ0n) is 11.1. The van der Waals surface area contributed by atoms with E-state index in [1.54, 1.807) is 11.0 Å². The number of nitrogens with one attached hydrogen (secondary N) is 1. The molecular formula is C15H18N2O2. The van der Waals surface area contributed by atoms with Gasteiger partial charge in [-0.2, -0.15) is 0 Å². The molecule has 100 valence electrons. The predicted molar refractivity (Wildman–Crippen MR) is 74.4 cm³/mol. The van der Waals surface area contributed by atoms with Crippen LogP contribution < -0.4 is 5.32 Å². The maximum atomic E-state index is 11.9. The van der Waals surface area contributed by atoms with Gasteiger partial charge in [0.2, 0.25) is 11.8 Å². The molecule has 0 unspecified atom stereocenters. The molecule has 1 aliphatic rings. The summed E-state index contributed by atoms with van der Waals surface area (Å²) in [7, 11) is 0. The van der Waals surface area contributed by atoms with Crippen LogP contribution in [0.15, 0.2) is 30.3 Å². The summed E-state index contributed by atoms with van der Waals surface area (Å²) in [5.41, 5.74) is 2.27. The smallest absolute Gasteiger partial charge is 0.247 e. The summed E-state index contributed by atoms with van der Waals surface area (Å²) in [6, 6.07) is 8.09.